The topological polar surface area (TPSA) is 131 Å². The van der Waals surface area contributed by atoms with Crippen molar-refractivity contribution in [1.29, 1.82) is 10.8 Å². The molecule has 0 aliphatic heterocycles. The number of hydrogen-bond acceptors (Lipinski definition) is 5. The van der Waals surface area contributed by atoms with E-state index in [0.29, 0.717) is 24.3 Å². The molecule has 1 aromatic heterocycles. The van der Waals surface area contributed by atoms with Crippen molar-refractivity contribution >= 4 is 22.6 Å². The van der Waals surface area contributed by atoms with Crippen LogP contribution < -0.4 is 20.9 Å². The highest BCUT2D eigenvalue weighted by Gasteiger charge is 2.09. The van der Waals surface area contributed by atoms with E-state index in [-0.39, 0.29) is 11.7 Å². The van der Waals surface area contributed by atoms with Crippen molar-refractivity contribution in [3.8, 4) is 22.8 Å². The van der Waals surface area contributed by atoms with Gasteiger partial charge in [-0.05, 0) is 60.7 Å². The molecule has 0 atom stereocenters. The van der Waals surface area contributed by atoms with E-state index in [2.05, 4.69) is 0 Å². The van der Waals surface area contributed by atoms with Crippen LogP contribution in [0.4, 0.5) is 0 Å². The molecule has 1 heterocycles. The van der Waals surface area contributed by atoms with Gasteiger partial charge in [0.25, 0.3) is 0 Å². The first-order valence-corrected chi connectivity index (χ1v) is 10.2. The zero-order valence-electron chi connectivity index (χ0n) is 17.4. The highest BCUT2D eigenvalue weighted by atomic mass is 16.5. The Labute approximate surface area is 185 Å². The first kappa shape index (κ1) is 21.0. The van der Waals surface area contributed by atoms with E-state index in [4.69, 9.17) is 36.2 Å². The van der Waals surface area contributed by atoms with Crippen molar-refractivity contribution in [2.24, 2.45) is 11.5 Å². The predicted octanol–water partition coefficient (Wildman–Crippen LogP) is 4.52. The molecule has 7 heteroatoms. The molecule has 0 bridgehead atoms. The van der Waals surface area contributed by atoms with E-state index < -0.39 is 0 Å². The second-order valence-corrected chi connectivity index (χ2v) is 7.29. The van der Waals surface area contributed by atoms with Gasteiger partial charge in [-0.15, -0.1) is 0 Å². The summed E-state index contributed by atoms with van der Waals surface area (Å²) in [5.74, 6) is 2.27. The van der Waals surface area contributed by atoms with Gasteiger partial charge >= 0.3 is 0 Å². The van der Waals surface area contributed by atoms with Gasteiger partial charge in [0.2, 0.25) is 0 Å². The summed E-state index contributed by atoms with van der Waals surface area (Å²) >= 11 is 0. The van der Waals surface area contributed by atoms with Crippen LogP contribution in [0.5, 0.6) is 11.5 Å². The van der Waals surface area contributed by atoms with Crippen LogP contribution in [0.2, 0.25) is 0 Å². The second kappa shape index (κ2) is 9.26. The Morgan fingerprint density at radius 2 is 1.44 bits per heavy atom. The van der Waals surface area contributed by atoms with Crippen molar-refractivity contribution < 1.29 is 13.9 Å². The fraction of sp³-hybridized carbons (Fsp3) is 0.120. The van der Waals surface area contributed by atoms with Gasteiger partial charge in [-0.1, -0.05) is 12.1 Å². The maximum Gasteiger partial charge on any atom is 0.135 e. The van der Waals surface area contributed by atoms with Crippen molar-refractivity contribution in [1.82, 2.24) is 0 Å². The van der Waals surface area contributed by atoms with Gasteiger partial charge in [0, 0.05) is 28.5 Å². The van der Waals surface area contributed by atoms with Crippen LogP contribution in [0, 0.1) is 10.8 Å². The molecule has 0 aliphatic carbocycles. The Bertz CT molecular complexity index is 1260. The molecule has 0 saturated heterocycles. The second-order valence-electron chi connectivity index (χ2n) is 7.29. The molecule has 0 saturated carbocycles. The third-order valence-electron chi connectivity index (χ3n) is 4.94. The largest absolute Gasteiger partial charge is 0.493 e. The standard InChI is InChI=1S/C25H24N4O3/c26-24(27)16-5-8-20(9-6-16)30-11-2-12-31-21-4-1-3-17(14-21)23-15-19-13-18(25(28)29)7-10-22(19)32-23/h1,3-10,13-15H,2,11-12H2,(H3,26,27)(H3,28,29). The predicted molar refractivity (Wildman–Crippen MR) is 126 cm³/mol. The van der Waals surface area contributed by atoms with Gasteiger partial charge in [-0.25, -0.2) is 0 Å². The van der Waals surface area contributed by atoms with Crippen LogP contribution in [0.3, 0.4) is 0 Å². The van der Waals surface area contributed by atoms with E-state index in [1.807, 2.05) is 42.5 Å². The van der Waals surface area contributed by atoms with Crippen LogP contribution in [0.15, 0.2) is 77.2 Å². The fourth-order valence-electron chi connectivity index (χ4n) is 3.26. The van der Waals surface area contributed by atoms with E-state index in [9.17, 15) is 0 Å². The first-order chi connectivity index (χ1) is 15.5. The Balaban J connectivity index is 1.33. The van der Waals surface area contributed by atoms with Gasteiger partial charge < -0.3 is 25.4 Å². The monoisotopic (exact) mass is 428 g/mol. The SMILES string of the molecule is N=C(N)c1ccc(OCCCOc2cccc(-c3cc4cc(C(=N)N)ccc4o3)c2)cc1. The van der Waals surface area contributed by atoms with Crippen molar-refractivity contribution in [3.63, 3.8) is 0 Å². The van der Waals surface area contributed by atoms with Crippen molar-refractivity contribution in [2.45, 2.75) is 6.42 Å². The Morgan fingerprint density at radius 1 is 0.750 bits per heavy atom. The molecule has 4 aromatic rings. The smallest absolute Gasteiger partial charge is 0.135 e. The third kappa shape index (κ3) is 4.89. The molecule has 0 spiro atoms. The number of rotatable bonds is 9. The van der Waals surface area contributed by atoms with Crippen LogP contribution in [-0.2, 0) is 0 Å². The molecule has 0 amide bonds. The zero-order chi connectivity index (χ0) is 22.5. The Hall–Kier alpha value is -4.26. The minimum absolute atomic E-state index is 0.0297. The maximum atomic E-state index is 7.59. The Morgan fingerprint density at radius 3 is 2.16 bits per heavy atom. The van der Waals surface area contributed by atoms with E-state index in [1.54, 1.807) is 30.3 Å². The maximum absolute atomic E-state index is 7.59. The van der Waals surface area contributed by atoms with Crippen molar-refractivity contribution in [3.05, 3.63) is 83.9 Å². The molecule has 4 rings (SSSR count). The van der Waals surface area contributed by atoms with Crippen LogP contribution in [0.25, 0.3) is 22.3 Å². The summed E-state index contributed by atoms with van der Waals surface area (Å²) in [6.07, 6.45) is 0.719. The van der Waals surface area contributed by atoms with Gasteiger partial charge in [0.15, 0.2) is 0 Å². The van der Waals surface area contributed by atoms with Crippen LogP contribution in [0.1, 0.15) is 17.5 Å². The summed E-state index contributed by atoms with van der Waals surface area (Å²) in [5.41, 5.74) is 14.0. The van der Waals surface area contributed by atoms with Crippen LogP contribution in [-0.4, -0.2) is 24.9 Å². The van der Waals surface area contributed by atoms with Gasteiger partial charge in [-0.3, -0.25) is 10.8 Å². The number of nitrogen functional groups attached to an aromatic ring is 2. The van der Waals surface area contributed by atoms with Gasteiger partial charge in [0.05, 0.1) is 13.2 Å². The fourth-order valence-corrected chi connectivity index (χ4v) is 3.26. The number of furan rings is 1. The lowest BCUT2D eigenvalue weighted by atomic mass is 10.1. The highest BCUT2D eigenvalue weighted by molar-refractivity contribution is 5.99. The average Bonchev–Trinajstić information content (AvgIpc) is 3.23. The minimum Gasteiger partial charge on any atom is -0.493 e. The quantitative estimate of drug-likeness (QED) is 0.177. The van der Waals surface area contributed by atoms with E-state index >= 15 is 0 Å². The molecule has 7 nitrogen and oxygen atoms in total. The van der Waals surface area contributed by atoms with E-state index in [1.165, 1.54) is 0 Å². The number of ether oxygens (including phenoxy) is 2. The van der Waals surface area contributed by atoms with E-state index in [0.717, 1.165) is 40.2 Å². The molecule has 0 unspecified atom stereocenters. The summed E-state index contributed by atoms with van der Waals surface area (Å²) in [4.78, 5) is 0. The molecule has 162 valence electrons. The molecule has 32 heavy (non-hydrogen) atoms. The Kier molecular flexibility index (Phi) is 6.07. The molecule has 0 aliphatic rings. The molecule has 0 fully saturated rings. The average molecular weight is 428 g/mol. The number of nitrogens with one attached hydrogen (secondary N) is 2. The van der Waals surface area contributed by atoms with Gasteiger partial charge in [0.1, 0.15) is 34.5 Å². The lowest BCUT2D eigenvalue weighted by Gasteiger charge is -2.09. The molecular weight excluding hydrogens is 404 g/mol. The molecular formula is C25H24N4O3. The lowest BCUT2D eigenvalue weighted by Crippen LogP contribution is -2.10. The normalized spacial score (nSPS) is 10.8. The van der Waals surface area contributed by atoms with Gasteiger partial charge in [-0.2, -0.15) is 0 Å². The highest BCUT2D eigenvalue weighted by Crippen LogP contribution is 2.30. The summed E-state index contributed by atoms with van der Waals surface area (Å²) in [6.45, 7) is 1.03. The molecule has 6 N–H and O–H groups in total. The lowest BCUT2D eigenvalue weighted by molar-refractivity contribution is 0.247. The first-order valence-electron chi connectivity index (χ1n) is 10.2. The molecule has 3 aromatic carbocycles. The van der Waals surface area contributed by atoms with Crippen LogP contribution >= 0.6 is 0 Å². The third-order valence-corrected chi connectivity index (χ3v) is 4.94. The zero-order valence-corrected chi connectivity index (χ0v) is 17.4. The number of fused-ring (bicyclic) bond motifs is 1. The summed E-state index contributed by atoms with van der Waals surface area (Å²) in [7, 11) is 0. The summed E-state index contributed by atoms with van der Waals surface area (Å²) in [5, 5.41) is 15.9. The number of nitrogens with two attached hydrogens (primary N) is 2. The minimum atomic E-state index is 0.0297. The van der Waals surface area contributed by atoms with Crippen molar-refractivity contribution in [2.75, 3.05) is 13.2 Å². The molecule has 0 radical (unpaired) electrons. The summed E-state index contributed by atoms with van der Waals surface area (Å²) < 4.78 is 17.5. The number of amidine groups is 2. The number of hydrogen-bond donors (Lipinski definition) is 4. The number of benzene rings is 3. The summed E-state index contributed by atoms with van der Waals surface area (Å²) in [6, 6.07) is 22.2.